The molecule has 168 valence electrons. The van der Waals surface area contributed by atoms with E-state index in [0.717, 1.165) is 24.4 Å². The molecule has 2 aliphatic carbocycles. The molecule has 0 radical (unpaired) electrons. The van der Waals surface area contributed by atoms with Crippen LogP contribution in [0.15, 0.2) is 34.1 Å². The van der Waals surface area contributed by atoms with Gasteiger partial charge in [0.05, 0.1) is 0 Å². The van der Waals surface area contributed by atoms with Crippen molar-refractivity contribution in [2.45, 2.75) is 65.2 Å². The first kappa shape index (κ1) is 32.8. The first-order chi connectivity index (χ1) is 12.4. The SMILES string of the molecule is C[Si](C)(C)OCOC1=[C-]CC=C1[Si](C)(C)C1=CC[C-]=C1OCO[Si](C)(C)C.[Cl-].[Cl-].[Zr+4]. The fraction of sp³-hybridized carbons (Fsp3) is 0.600. The average Bonchev–Trinajstić information content (AvgIpc) is 3.14. The van der Waals surface area contributed by atoms with Crippen LogP contribution in [-0.2, 0) is 44.5 Å². The molecule has 0 fully saturated rings. The van der Waals surface area contributed by atoms with E-state index >= 15 is 0 Å². The Hall–Kier alpha value is 0.594. The summed E-state index contributed by atoms with van der Waals surface area (Å²) in [6.07, 6.45) is 12.8. The predicted molar refractivity (Wildman–Crippen MR) is 117 cm³/mol. The van der Waals surface area contributed by atoms with Crippen LogP contribution in [0.3, 0.4) is 0 Å². The first-order valence-electron chi connectivity index (χ1n) is 9.57. The molecule has 0 aromatic heterocycles. The average molecular weight is 585 g/mol. The van der Waals surface area contributed by atoms with Crippen LogP contribution in [0.2, 0.25) is 52.4 Å². The van der Waals surface area contributed by atoms with Gasteiger partial charge in [0.25, 0.3) is 0 Å². The minimum atomic E-state index is -1.97. The Bertz CT molecular complexity index is 623. The van der Waals surface area contributed by atoms with Crippen molar-refractivity contribution in [3.05, 3.63) is 46.2 Å². The Morgan fingerprint density at radius 1 is 0.700 bits per heavy atom. The van der Waals surface area contributed by atoms with Crippen LogP contribution in [0.25, 0.3) is 0 Å². The first-order valence-corrected chi connectivity index (χ1v) is 19.4. The van der Waals surface area contributed by atoms with Crippen LogP contribution >= 0.6 is 0 Å². The summed E-state index contributed by atoms with van der Waals surface area (Å²) in [6.45, 7) is 18.2. The van der Waals surface area contributed by atoms with Gasteiger partial charge in [-0.3, -0.25) is 0 Å². The molecule has 0 aliphatic heterocycles. The largest absolute Gasteiger partial charge is 4.00 e. The van der Waals surface area contributed by atoms with Gasteiger partial charge < -0.3 is 43.1 Å². The van der Waals surface area contributed by atoms with E-state index < -0.39 is 24.7 Å². The van der Waals surface area contributed by atoms with E-state index in [1.165, 1.54) is 10.4 Å². The van der Waals surface area contributed by atoms with E-state index in [1.54, 1.807) is 0 Å². The van der Waals surface area contributed by atoms with Crippen molar-refractivity contribution in [3.63, 3.8) is 0 Å². The van der Waals surface area contributed by atoms with Crippen molar-refractivity contribution in [1.82, 2.24) is 0 Å². The van der Waals surface area contributed by atoms with Gasteiger partial charge >= 0.3 is 26.2 Å². The fourth-order valence-corrected chi connectivity index (χ4v) is 6.67. The molecule has 10 heteroatoms. The van der Waals surface area contributed by atoms with Crippen molar-refractivity contribution in [1.29, 1.82) is 0 Å². The summed E-state index contributed by atoms with van der Waals surface area (Å²) in [5.74, 6) is 1.71. The monoisotopic (exact) mass is 582 g/mol. The summed E-state index contributed by atoms with van der Waals surface area (Å²) in [5, 5.41) is 2.53. The van der Waals surface area contributed by atoms with E-state index in [0.29, 0.717) is 13.6 Å². The van der Waals surface area contributed by atoms with Gasteiger partial charge in [-0.05, 0) is 50.8 Å². The number of hydrogen-bond acceptors (Lipinski definition) is 4. The number of allylic oxidation sites excluding steroid dienone is 6. The topological polar surface area (TPSA) is 36.9 Å². The number of hydrogen-bond donors (Lipinski definition) is 0. The Balaban J connectivity index is 0. The van der Waals surface area contributed by atoms with Crippen LogP contribution in [0.1, 0.15) is 12.8 Å². The summed E-state index contributed by atoms with van der Waals surface area (Å²) >= 11 is 0. The molecule has 0 atom stereocenters. The second-order valence-electron chi connectivity index (χ2n) is 9.32. The van der Waals surface area contributed by atoms with Gasteiger partial charge in [-0.1, -0.05) is 21.2 Å². The predicted octanol–water partition coefficient (Wildman–Crippen LogP) is -0.536. The van der Waals surface area contributed by atoms with Crippen molar-refractivity contribution in [2.75, 3.05) is 13.6 Å². The number of halogens is 2. The Labute approximate surface area is 217 Å². The molecule has 0 spiro atoms. The molecule has 30 heavy (non-hydrogen) atoms. The molecular formula is C20H34Cl2O4Si3Zr. The molecule has 0 amide bonds. The zero-order valence-electron chi connectivity index (χ0n) is 19.4. The zero-order chi connectivity index (χ0) is 20.3. The van der Waals surface area contributed by atoms with E-state index in [4.69, 9.17) is 18.3 Å². The number of ether oxygens (including phenoxy) is 2. The van der Waals surface area contributed by atoms with Gasteiger partial charge in [0.2, 0.25) is 0 Å². The van der Waals surface area contributed by atoms with Crippen LogP contribution in [0.4, 0.5) is 0 Å². The normalized spacial score (nSPS) is 16.3. The van der Waals surface area contributed by atoms with Gasteiger partial charge in [0, 0.05) is 0 Å². The molecule has 2 aliphatic rings. The second kappa shape index (κ2) is 13.3. The molecule has 0 heterocycles. The van der Waals surface area contributed by atoms with Gasteiger partial charge in [0.15, 0.2) is 30.2 Å². The van der Waals surface area contributed by atoms with Crippen LogP contribution in [-0.4, -0.2) is 38.3 Å². The molecule has 0 N–H and O–H groups in total. The summed E-state index contributed by atoms with van der Waals surface area (Å²) in [6, 6.07) is 0. The minimum absolute atomic E-state index is 0. The van der Waals surface area contributed by atoms with E-state index in [1.807, 2.05) is 0 Å². The number of rotatable bonds is 10. The van der Waals surface area contributed by atoms with Crippen LogP contribution in [0.5, 0.6) is 0 Å². The molecule has 4 nitrogen and oxygen atoms in total. The Morgan fingerprint density at radius 2 is 1.03 bits per heavy atom. The van der Waals surface area contributed by atoms with E-state index in [-0.39, 0.29) is 51.0 Å². The molecule has 0 unspecified atom stereocenters. The van der Waals surface area contributed by atoms with Crippen molar-refractivity contribution < 1.29 is 69.3 Å². The van der Waals surface area contributed by atoms with E-state index in [9.17, 15) is 0 Å². The summed E-state index contributed by atoms with van der Waals surface area (Å²) < 4.78 is 23.6. The molecule has 0 saturated heterocycles. The molecule has 2 rings (SSSR count). The molecule has 0 aromatic carbocycles. The minimum Gasteiger partial charge on any atom is -1.00 e. The van der Waals surface area contributed by atoms with Gasteiger partial charge in [0.1, 0.15) is 0 Å². The third kappa shape index (κ3) is 10.0. The van der Waals surface area contributed by atoms with Crippen molar-refractivity contribution in [2.24, 2.45) is 0 Å². The zero-order valence-corrected chi connectivity index (χ0v) is 26.3. The molecule has 0 aromatic rings. The Kier molecular flexibility index (Phi) is 14.6. The fourth-order valence-electron chi connectivity index (χ4n) is 2.88. The van der Waals surface area contributed by atoms with Crippen molar-refractivity contribution in [3.8, 4) is 0 Å². The third-order valence-corrected chi connectivity index (χ3v) is 9.89. The second-order valence-corrected chi connectivity index (χ2v) is 22.7. The summed E-state index contributed by atoms with van der Waals surface area (Å²) in [7, 11) is -5.16. The third-order valence-electron chi connectivity index (χ3n) is 4.36. The Morgan fingerprint density at radius 3 is 1.33 bits per heavy atom. The van der Waals surface area contributed by atoms with Crippen LogP contribution in [0, 0.1) is 12.2 Å². The van der Waals surface area contributed by atoms with Gasteiger partial charge in [-0.15, -0.1) is 12.8 Å². The summed E-state index contributed by atoms with van der Waals surface area (Å²) in [4.78, 5) is 0. The van der Waals surface area contributed by atoms with E-state index in [2.05, 4.69) is 76.7 Å². The summed E-state index contributed by atoms with van der Waals surface area (Å²) in [5.41, 5.74) is 0. The van der Waals surface area contributed by atoms with Crippen LogP contribution < -0.4 is 24.8 Å². The quantitative estimate of drug-likeness (QED) is 0.197. The maximum atomic E-state index is 5.97. The van der Waals surface area contributed by atoms with Gasteiger partial charge in [-0.25, -0.2) is 12.2 Å². The standard InChI is InChI=1S/C20H34O4Si3.2ClH.Zr/c1-25(2,3)23-15-21-17-11-9-13-19(17)27(7,8)20-14-10-12-18(20)22-16-24-26(4,5)6;;;/h13-14H,9-10,15-16H2,1-8H3;2*1H;/q-2;;;+4/p-2. The maximum absolute atomic E-state index is 5.97. The van der Waals surface area contributed by atoms with Crippen molar-refractivity contribution >= 4 is 24.7 Å². The molecular weight excluding hydrogens is 551 g/mol. The maximum Gasteiger partial charge on any atom is 4.00 e. The molecule has 0 bridgehead atoms. The smallest absolute Gasteiger partial charge is 1.00 e. The van der Waals surface area contributed by atoms with Gasteiger partial charge in [-0.2, -0.15) is 22.5 Å². The molecule has 0 saturated carbocycles.